The molecule has 0 aliphatic carbocycles. The number of hydrogen-bond donors (Lipinski definition) is 0. The van der Waals surface area contributed by atoms with Crippen molar-refractivity contribution in [2.45, 2.75) is 71.8 Å². The quantitative estimate of drug-likeness (QED) is 0.0683. The topological polar surface area (TPSA) is 97.2 Å². The molecular weight excluding hydrogens is 558 g/mol. The number of hydrogen-bond acceptors (Lipinski definition) is 6. The van der Waals surface area contributed by atoms with Crippen molar-refractivity contribution in [3.63, 3.8) is 0 Å². The number of fused-ring (bicyclic) bond motifs is 1. The Bertz CT molecular complexity index is 1540. The van der Waals surface area contributed by atoms with Crippen molar-refractivity contribution in [3.8, 4) is 22.6 Å². The summed E-state index contributed by atoms with van der Waals surface area (Å²) in [7, 11) is -2.50. The van der Waals surface area contributed by atoms with E-state index in [4.69, 9.17) is 14.6 Å². The minimum absolute atomic E-state index is 0.171. The van der Waals surface area contributed by atoms with Gasteiger partial charge in [-0.3, -0.25) is 10.1 Å². The molecule has 0 saturated heterocycles. The molecule has 0 radical (unpaired) electrons. The van der Waals surface area contributed by atoms with Crippen LogP contribution < -0.4 is 0 Å². The standard InChI is InChI=1S/C29H40FN5O4Si2/c1-21-22(23-9-8-10-25(26(23)30)35(36)37)11-12-24-27(32-34(28(21)24)20-39-16-18-41(5,6)7)29-31-13-14-33(29)19-38-15-17-40(2,3)4/h8-14H,15-20H2,1-7H3. The molecule has 4 rings (SSSR count). The van der Waals surface area contributed by atoms with Crippen LogP contribution in [0.25, 0.3) is 33.5 Å². The third-order valence-corrected chi connectivity index (χ3v) is 10.4. The monoisotopic (exact) mass is 597 g/mol. The Kier molecular flexibility index (Phi) is 9.27. The van der Waals surface area contributed by atoms with Crippen LogP contribution in [0.1, 0.15) is 5.56 Å². The number of aryl methyl sites for hydroxylation is 1. The number of ether oxygens (including phenoxy) is 2. The number of aromatic nitrogens is 4. The van der Waals surface area contributed by atoms with E-state index in [2.05, 4.69) is 44.3 Å². The Morgan fingerprint density at radius 2 is 1.61 bits per heavy atom. The zero-order valence-electron chi connectivity index (χ0n) is 25.0. The second kappa shape index (κ2) is 12.4. The van der Waals surface area contributed by atoms with E-state index >= 15 is 4.39 Å². The number of rotatable bonds is 13. The van der Waals surface area contributed by atoms with Crippen LogP contribution in [0.15, 0.2) is 42.7 Å². The van der Waals surface area contributed by atoms with Gasteiger partial charge in [0.25, 0.3) is 0 Å². The van der Waals surface area contributed by atoms with Gasteiger partial charge in [-0.1, -0.05) is 57.5 Å². The zero-order chi connectivity index (χ0) is 29.9. The van der Waals surface area contributed by atoms with E-state index in [1.54, 1.807) is 23.0 Å². The van der Waals surface area contributed by atoms with Gasteiger partial charge in [0.1, 0.15) is 19.2 Å². The molecule has 41 heavy (non-hydrogen) atoms. The summed E-state index contributed by atoms with van der Waals surface area (Å²) in [5, 5.41) is 17.2. The fourth-order valence-electron chi connectivity index (χ4n) is 4.57. The van der Waals surface area contributed by atoms with Crippen molar-refractivity contribution >= 4 is 32.7 Å². The lowest BCUT2D eigenvalue weighted by atomic mass is 9.96. The Labute approximate surface area is 242 Å². The summed E-state index contributed by atoms with van der Waals surface area (Å²) in [6, 6.07) is 9.99. The van der Waals surface area contributed by atoms with Gasteiger partial charge in [0.2, 0.25) is 5.82 Å². The first-order valence-corrected chi connectivity index (χ1v) is 21.3. The summed E-state index contributed by atoms with van der Waals surface area (Å²) in [5.74, 6) is -0.193. The van der Waals surface area contributed by atoms with Gasteiger partial charge >= 0.3 is 5.69 Å². The minimum Gasteiger partial charge on any atom is -0.361 e. The molecular formula is C29H40FN5O4Si2. The first-order chi connectivity index (χ1) is 19.3. The van der Waals surface area contributed by atoms with Crippen LogP contribution in [-0.2, 0) is 22.9 Å². The Morgan fingerprint density at radius 3 is 2.24 bits per heavy atom. The lowest BCUT2D eigenvalue weighted by Crippen LogP contribution is -2.22. The molecule has 0 bridgehead atoms. The molecule has 0 amide bonds. The molecule has 0 saturated carbocycles. The second-order valence-corrected chi connectivity index (χ2v) is 24.0. The number of imidazole rings is 1. The van der Waals surface area contributed by atoms with E-state index in [-0.39, 0.29) is 12.3 Å². The molecule has 12 heteroatoms. The van der Waals surface area contributed by atoms with Gasteiger partial charge in [-0.15, -0.1) is 0 Å². The Hall–Kier alpha value is -3.20. The summed E-state index contributed by atoms with van der Waals surface area (Å²) in [6.45, 7) is 17.6. The molecule has 2 aromatic carbocycles. The van der Waals surface area contributed by atoms with E-state index in [0.717, 1.165) is 28.6 Å². The normalized spacial score (nSPS) is 12.4. The second-order valence-electron chi connectivity index (χ2n) is 12.8. The van der Waals surface area contributed by atoms with Crippen molar-refractivity contribution in [3.05, 3.63) is 64.2 Å². The third-order valence-electron chi connectivity index (χ3n) is 6.99. The molecule has 0 spiro atoms. The van der Waals surface area contributed by atoms with Crippen molar-refractivity contribution in [1.29, 1.82) is 0 Å². The van der Waals surface area contributed by atoms with Crippen LogP contribution in [0.3, 0.4) is 0 Å². The number of nitro benzene ring substituents is 1. The van der Waals surface area contributed by atoms with Gasteiger partial charge in [-0.2, -0.15) is 9.49 Å². The molecule has 0 fully saturated rings. The minimum atomic E-state index is -1.28. The van der Waals surface area contributed by atoms with Gasteiger partial charge in [-0.05, 0) is 36.2 Å². The number of halogens is 1. The highest BCUT2D eigenvalue weighted by Crippen LogP contribution is 2.37. The third kappa shape index (κ3) is 7.36. The number of nitrogens with zero attached hydrogens (tertiary/aromatic N) is 5. The predicted molar refractivity (Wildman–Crippen MR) is 166 cm³/mol. The molecule has 0 aliphatic heterocycles. The average molecular weight is 598 g/mol. The average Bonchev–Trinajstić information content (AvgIpc) is 3.48. The molecule has 2 heterocycles. The Morgan fingerprint density at radius 1 is 0.951 bits per heavy atom. The number of benzene rings is 2. The SMILES string of the molecule is Cc1c(-c2cccc([N+](=O)[O-])c2F)ccc2c(-c3nccn3COCC[Si](C)(C)C)nn(COCC[Si](C)(C)C)c12. The number of nitro groups is 1. The van der Waals surface area contributed by atoms with E-state index in [1.807, 2.05) is 23.8 Å². The maximum absolute atomic E-state index is 15.2. The van der Waals surface area contributed by atoms with Gasteiger partial charge in [0.05, 0.1) is 10.4 Å². The van der Waals surface area contributed by atoms with Crippen LogP contribution in [0.2, 0.25) is 51.4 Å². The largest absolute Gasteiger partial charge is 0.361 e. The highest BCUT2D eigenvalue weighted by atomic mass is 28.3. The molecule has 4 aromatic rings. The molecule has 0 N–H and O–H groups in total. The highest BCUT2D eigenvalue weighted by molar-refractivity contribution is 6.76. The summed E-state index contributed by atoms with van der Waals surface area (Å²) in [4.78, 5) is 15.3. The van der Waals surface area contributed by atoms with E-state index in [0.29, 0.717) is 37.0 Å². The predicted octanol–water partition coefficient (Wildman–Crippen LogP) is 7.55. The van der Waals surface area contributed by atoms with Gasteiger partial charge < -0.3 is 14.0 Å². The van der Waals surface area contributed by atoms with Crippen LogP contribution >= 0.6 is 0 Å². The fourth-order valence-corrected chi connectivity index (χ4v) is 6.08. The summed E-state index contributed by atoms with van der Waals surface area (Å²) in [5.41, 5.74) is 2.37. The molecule has 2 aromatic heterocycles. The van der Waals surface area contributed by atoms with Crippen LogP contribution in [-0.4, -0.2) is 53.6 Å². The maximum Gasteiger partial charge on any atom is 0.305 e. The van der Waals surface area contributed by atoms with Crippen molar-refractivity contribution in [2.24, 2.45) is 0 Å². The fraction of sp³-hybridized carbons (Fsp3) is 0.448. The summed E-state index contributed by atoms with van der Waals surface area (Å²) in [6.07, 6.45) is 3.60. The van der Waals surface area contributed by atoms with E-state index in [1.165, 1.54) is 12.1 Å². The van der Waals surface area contributed by atoms with Crippen LogP contribution in [0, 0.1) is 22.9 Å². The molecule has 220 valence electrons. The lowest BCUT2D eigenvalue weighted by Gasteiger charge is -2.16. The van der Waals surface area contributed by atoms with Gasteiger partial charge in [0.15, 0.2) is 5.82 Å². The molecule has 0 aliphatic rings. The van der Waals surface area contributed by atoms with E-state index in [9.17, 15) is 10.1 Å². The molecule has 9 nitrogen and oxygen atoms in total. The summed E-state index contributed by atoms with van der Waals surface area (Å²) >= 11 is 0. The first kappa shape index (κ1) is 30.8. The highest BCUT2D eigenvalue weighted by Gasteiger charge is 2.24. The van der Waals surface area contributed by atoms with Crippen molar-refractivity contribution in [1.82, 2.24) is 19.3 Å². The smallest absolute Gasteiger partial charge is 0.305 e. The van der Waals surface area contributed by atoms with E-state index < -0.39 is 32.6 Å². The Balaban J connectivity index is 1.76. The maximum atomic E-state index is 15.2. The summed E-state index contributed by atoms with van der Waals surface area (Å²) < 4.78 is 31.0. The van der Waals surface area contributed by atoms with Gasteiger partial charge in [0, 0.05) is 58.8 Å². The first-order valence-electron chi connectivity index (χ1n) is 13.9. The van der Waals surface area contributed by atoms with Gasteiger partial charge in [-0.25, -0.2) is 9.67 Å². The van der Waals surface area contributed by atoms with Crippen molar-refractivity contribution < 1.29 is 18.8 Å². The van der Waals surface area contributed by atoms with Crippen LogP contribution in [0.5, 0.6) is 0 Å². The molecule has 0 atom stereocenters. The lowest BCUT2D eigenvalue weighted by molar-refractivity contribution is -0.387. The zero-order valence-corrected chi connectivity index (χ0v) is 27.0. The molecule has 0 unspecified atom stereocenters. The van der Waals surface area contributed by atoms with Crippen molar-refractivity contribution in [2.75, 3.05) is 13.2 Å². The van der Waals surface area contributed by atoms with Crippen LogP contribution in [0.4, 0.5) is 10.1 Å².